The van der Waals surface area contributed by atoms with Gasteiger partial charge in [-0.2, -0.15) is 0 Å². The van der Waals surface area contributed by atoms with Crippen molar-refractivity contribution in [1.29, 1.82) is 0 Å². The molecule has 30 heavy (non-hydrogen) atoms. The number of hydrogen-bond acceptors (Lipinski definition) is 6. The lowest BCUT2D eigenvalue weighted by Crippen LogP contribution is -2.53. The van der Waals surface area contributed by atoms with Crippen molar-refractivity contribution in [2.75, 3.05) is 21.3 Å². The Bertz CT molecular complexity index is 1030. The standard InChI is InChI=1S/C21H19FN2O6/c1-28-16-10-18(30-3)17(29-2)9-13(16)8-15-19(25)23-21(27)24(20(15)26)11-12-4-6-14(22)7-5-12/h4-10H,11H2,1-3H3,(H,23,25,27)/b15-8-. The highest BCUT2D eigenvalue weighted by molar-refractivity contribution is 6.31. The van der Waals surface area contributed by atoms with Gasteiger partial charge in [0.15, 0.2) is 11.5 Å². The van der Waals surface area contributed by atoms with Crippen molar-refractivity contribution in [3.8, 4) is 17.2 Å². The van der Waals surface area contributed by atoms with Gasteiger partial charge in [-0.3, -0.25) is 19.8 Å². The molecule has 8 nitrogen and oxygen atoms in total. The van der Waals surface area contributed by atoms with Crippen molar-refractivity contribution in [1.82, 2.24) is 10.2 Å². The summed E-state index contributed by atoms with van der Waals surface area (Å²) < 4.78 is 28.9. The Balaban J connectivity index is 1.99. The fraction of sp³-hybridized carbons (Fsp3) is 0.190. The molecule has 0 aliphatic carbocycles. The van der Waals surface area contributed by atoms with Crippen molar-refractivity contribution in [3.05, 3.63) is 58.9 Å². The number of ether oxygens (including phenoxy) is 3. The second-order valence-corrected chi connectivity index (χ2v) is 6.28. The van der Waals surface area contributed by atoms with E-state index in [0.29, 0.717) is 28.4 Å². The van der Waals surface area contributed by atoms with Gasteiger partial charge >= 0.3 is 6.03 Å². The number of rotatable bonds is 6. The maximum absolute atomic E-state index is 13.1. The molecular weight excluding hydrogens is 395 g/mol. The zero-order chi connectivity index (χ0) is 21.8. The van der Waals surface area contributed by atoms with E-state index in [1.54, 1.807) is 12.1 Å². The maximum atomic E-state index is 13.1. The number of benzene rings is 2. The van der Waals surface area contributed by atoms with Gasteiger partial charge in [-0.05, 0) is 29.8 Å². The molecule has 0 atom stereocenters. The lowest BCUT2D eigenvalue weighted by atomic mass is 10.1. The molecule has 0 aromatic heterocycles. The number of barbiturate groups is 1. The van der Waals surface area contributed by atoms with Gasteiger partial charge in [0, 0.05) is 11.6 Å². The summed E-state index contributed by atoms with van der Waals surface area (Å²) in [4.78, 5) is 38.3. The minimum atomic E-state index is -0.856. The Morgan fingerprint density at radius 3 is 2.13 bits per heavy atom. The zero-order valence-corrected chi connectivity index (χ0v) is 16.5. The number of hydrogen-bond donors (Lipinski definition) is 1. The maximum Gasteiger partial charge on any atom is 0.331 e. The highest BCUT2D eigenvalue weighted by Gasteiger charge is 2.36. The molecule has 1 saturated heterocycles. The monoisotopic (exact) mass is 414 g/mol. The van der Waals surface area contributed by atoms with Crippen molar-refractivity contribution in [2.24, 2.45) is 0 Å². The number of nitrogens with zero attached hydrogens (tertiary/aromatic N) is 1. The van der Waals surface area contributed by atoms with Gasteiger partial charge in [0.2, 0.25) is 0 Å². The minimum absolute atomic E-state index is 0.126. The number of carbonyl (C=O) groups excluding carboxylic acids is 3. The molecule has 1 heterocycles. The first-order valence-corrected chi connectivity index (χ1v) is 8.81. The number of carbonyl (C=O) groups is 3. The molecule has 9 heteroatoms. The van der Waals surface area contributed by atoms with E-state index in [1.807, 2.05) is 0 Å². The summed E-state index contributed by atoms with van der Waals surface area (Å²) in [5.74, 6) is -0.952. The van der Waals surface area contributed by atoms with Crippen LogP contribution in [0.5, 0.6) is 17.2 Å². The highest BCUT2D eigenvalue weighted by atomic mass is 19.1. The summed E-state index contributed by atoms with van der Waals surface area (Å²) >= 11 is 0. The zero-order valence-electron chi connectivity index (χ0n) is 16.5. The summed E-state index contributed by atoms with van der Waals surface area (Å²) in [5.41, 5.74) is 0.643. The molecule has 0 spiro atoms. The lowest BCUT2D eigenvalue weighted by Gasteiger charge is -2.26. The molecule has 1 N–H and O–H groups in total. The Kier molecular flexibility index (Phi) is 6.01. The van der Waals surface area contributed by atoms with E-state index in [9.17, 15) is 18.8 Å². The number of methoxy groups -OCH3 is 3. The van der Waals surface area contributed by atoms with Crippen LogP contribution in [0.15, 0.2) is 42.0 Å². The van der Waals surface area contributed by atoms with E-state index in [1.165, 1.54) is 51.7 Å². The van der Waals surface area contributed by atoms with Gasteiger partial charge in [-0.1, -0.05) is 12.1 Å². The van der Waals surface area contributed by atoms with Crippen molar-refractivity contribution < 1.29 is 33.0 Å². The smallest absolute Gasteiger partial charge is 0.331 e. The van der Waals surface area contributed by atoms with Crippen LogP contribution in [-0.2, 0) is 16.1 Å². The van der Waals surface area contributed by atoms with Crippen LogP contribution >= 0.6 is 0 Å². The summed E-state index contributed by atoms with van der Waals surface area (Å²) in [6, 6.07) is 7.59. The summed E-state index contributed by atoms with van der Waals surface area (Å²) in [6.45, 7) is -0.126. The van der Waals surface area contributed by atoms with E-state index in [4.69, 9.17) is 14.2 Å². The van der Waals surface area contributed by atoms with Gasteiger partial charge in [-0.25, -0.2) is 9.18 Å². The Morgan fingerprint density at radius 2 is 1.53 bits per heavy atom. The van der Waals surface area contributed by atoms with Crippen LogP contribution in [0.25, 0.3) is 6.08 Å². The first-order chi connectivity index (χ1) is 14.4. The molecule has 0 saturated carbocycles. The molecule has 0 bridgehead atoms. The molecule has 2 aromatic carbocycles. The number of nitrogens with one attached hydrogen (secondary N) is 1. The van der Waals surface area contributed by atoms with Gasteiger partial charge in [-0.15, -0.1) is 0 Å². The lowest BCUT2D eigenvalue weighted by molar-refractivity contribution is -0.130. The molecular formula is C21H19FN2O6. The van der Waals surface area contributed by atoms with E-state index in [2.05, 4.69) is 5.32 Å². The van der Waals surface area contributed by atoms with Crippen LogP contribution in [0, 0.1) is 5.82 Å². The topological polar surface area (TPSA) is 94.2 Å². The molecule has 1 aliphatic rings. The third kappa shape index (κ3) is 4.09. The van der Waals surface area contributed by atoms with E-state index < -0.39 is 23.7 Å². The second-order valence-electron chi connectivity index (χ2n) is 6.28. The molecule has 1 aliphatic heterocycles. The average molecular weight is 414 g/mol. The second kappa shape index (κ2) is 8.64. The molecule has 156 valence electrons. The van der Waals surface area contributed by atoms with Gasteiger partial charge in [0.05, 0.1) is 27.9 Å². The van der Waals surface area contributed by atoms with Gasteiger partial charge in [0.1, 0.15) is 17.1 Å². The van der Waals surface area contributed by atoms with Crippen LogP contribution in [0.2, 0.25) is 0 Å². The van der Waals surface area contributed by atoms with Gasteiger partial charge < -0.3 is 14.2 Å². The van der Waals surface area contributed by atoms with Crippen molar-refractivity contribution in [3.63, 3.8) is 0 Å². The quantitative estimate of drug-likeness (QED) is 0.577. The fourth-order valence-electron chi connectivity index (χ4n) is 2.93. The molecule has 4 amide bonds. The van der Waals surface area contributed by atoms with Crippen LogP contribution < -0.4 is 19.5 Å². The number of urea groups is 1. The SMILES string of the molecule is COc1cc(OC)c(OC)cc1/C=C1/C(=O)NC(=O)N(Cc2ccc(F)cc2)C1=O. The number of halogens is 1. The molecule has 0 unspecified atom stereocenters. The molecule has 1 fully saturated rings. The highest BCUT2D eigenvalue weighted by Crippen LogP contribution is 2.36. The third-order valence-electron chi connectivity index (χ3n) is 4.48. The van der Waals surface area contributed by atoms with Crippen LogP contribution in [0.3, 0.4) is 0 Å². The molecule has 3 rings (SSSR count). The fourth-order valence-corrected chi connectivity index (χ4v) is 2.93. The molecule has 2 aromatic rings. The van der Waals surface area contributed by atoms with Crippen molar-refractivity contribution >= 4 is 23.9 Å². The third-order valence-corrected chi connectivity index (χ3v) is 4.48. The van der Waals surface area contributed by atoms with Crippen LogP contribution in [0.4, 0.5) is 9.18 Å². The van der Waals surface area contributed by atoms with Gasteiger partial charge in [0.25, 0.3) is 11.8 Å². The minimum Gasteiger partial charge on any atom is -0.496 e. The normalized spacial score (nSPS) is 15.3. The first-order valence-electron chi connectivity index (χ1n) is 8.81. The molecule has 0 radical (unpaired) electrons. The summed E-state index contributed by atoms with van der Waals surface area (Å²) in [6.07, 6.45) is 1.31. The Morgan fingerprint density at radius 1 is 0.933 bits per heavy atom. The average Bonchev–Trinajstić information content (AvgIpc) is 2.74. The van der Waals surface area contributed by atoms with Crippen LogP contribution in [0.1, 0.15) is 11.1 Å². The predicted molar refractivity (Wildman–Crippen MR) is 105 cm³/mol. The Labute approximate surface area is 171 Å². The van der Waals surface area contributed by atoms with E-state index in [0.717, 1.165) is 4.90 Å². The van der Waals surface area contributed by atoms with Crippen LogP contribution in [-0.4, -0.2) is 44.1 Å². The summed E-state index contributed by atoms with van der Waals surface area (Å²) in [5, 5.41) is 2.14. The Hall–Kier alpha value is -3.88. The number of imide groups is 2. The predicted octanol–water partition coefficient (Wildman–Crippen LogP) is 2.51. The van der Waals surface area contributed by atoms with E-state index in [-0.39, 0.29) is 12.1 Å². The first kappa shape index (κ1) is 20.8. The number of amides is 4. The summed E-state index contributed by atoms with van der Waals surface area (Å²) in [7, 11) is 4.34. The largest absolute Gasteiger partial charge is 0.496 e. The van der Waals surface area contributed by atoms with Crippen molar-refractivity contribution in [2.45, 2.75) is 6.54 Å². The van der Waals surface area contributed by atoms with E-state index >= 15 is 0 Å².